The van der Waals surface area contributed by atoms with Crippen LogP contribution in [0.3, 0.4) is 0 Å². The molecule has 0 aromatic carbocycles. The Morgan fingerprint density at radius 1 is 0.357 bits per heavy atom. The van der Waals surface area contributed by atoms with Gasteiger partial charge in [0.2, 0.25) is 5.91 Å². The maximum absolute atomic E-state index is 13.5. The molecule has 3 fully saturated rings. The fourth-order valence-electron chi connectivity index (χ4n) is 14.3. The minimum absolute atomic E-state index is 0.250. The molecule has 3 aliphatic rings. The van der Waals surface area contributed by atoms with Crippen LogP contribution in [0.4, 0.5) is 0 Å². The Kier molecular flexibility index (Phi) is 56.3. The summed E-state index contributed by atoms with van der Waals surface area (Å²) in [6, 6.07) is -0.969. The van der Waals surface area contributed by atoms with E-state index >= 15 is 0 Å². The van der Waals surface area contributed by atoms with Crippen LogP contribution in [0.25, 0.3) is 0 Å². The van der Waals surface area contributed by atoms with Gasteiger partial charge in [0.05, 0.1) is 38.6 Å². The third kappa shape index (κ3) is 40.7. The molecule has 98 heavy (non-hydrogen) atoms. The lowest BCUT2D eigenvalue weighted by Crippen LogP contribution is -2.66. The highest BCUT2D eigenvalue weighted by molar-refractivity contribution is 5.76. The van der Waals surface area contributed by atoms with E-state index in [1.54, 1.807) is 6.08 Å². The summed E-state index contributed by atoms with van der Waals surface area (Å²) in [4.78, 5) is 13.5. The van der Waals surface area contributed by atoms with E-state index in [0.717, 1.165) is 44.9 Å². The molecule has 0 aromatic rings. The van der Waals surface area contributed by atoms with Crippen molar-refractivity contribution in [3.63, 3.8) is 0 Å². The quantitative estimate of drug-likeness (QED) is 0.0199. The van der Waals surface area contributed by atoms with Crippen molar-refractivity contribution in [2.75, 3.05) is 26.4 Å². The third-order valence-electron chi connectivity index (χ3n) is 20.8. The van der Waals surface area contributed by atoms with Crippen LogP contribution in [-0.2, 0) is 33.2 Å². The largest absolute Gasteiger partial charge is 0.394 e. The summed E-state index contributed by atoms with van der Waals surface area (Å²) >= 11 is 0. The highest BCUT2D eigenvalue weighted by Gasteiger charge is 2.54. The monoisotopic (exact) mass is 1400 g/mol. The average Bonchev–Trinajstić information content (AvgIpc) is 0.785. The fraction of sp³-hybridized carbons (Fsp3) is 0.962. The zero-order valence-corrected chi connectivity index (χ0v) is 62.1. The van der Waals surface area contributed by atoms with Gasteiger partial charge < -0.3 is 89.9 Å². The Morgan fingerprint density at radius 2 is 0.633 bits per heavy atom. The second kappa shape index (κ2) is 60.8. The molecule has 17 unspecified atom stereocenters. The van der Waals surface area contributed by atoms with Crippen molar-refractivity contribution in [3.8, 4) is 0 Å². The number of carbonyl (C=O) groups is 1. The maximum Gasteiger partial charge on any atom is 0.220 e. The normalized spacial score (nSPS) is 26.7. The minimum Gasteiger partial charge on any atom is -0.394 e. The van der Waals surface area contributed by atoms with Gasteiger partial charge >= 0.3 is 0 Å². The molecule has 3 heterocycles. The molecule has 0 aromatic heterocycles. The molecule has 0 saturated carbocycles. The molecule has 0 radical (unpaired) electrons. The van der Waals surface area contributed by atoms with Gasteiger partial charge in [-0.25, -0.2) is 0 Å². The van der Waals surface area contributed by atoms with Gasteiger partial charge in [0, 0.05) is 6.42 Å². The van der Waals surface area contributed by atoms with Crippen molar-refractivity contribution >= 4 is 5.91 Å². The van der Waals surface area contributed by atoms with Crippen LogP contribution in [0.2, 0.25) is 0 Å². The highest BCUT2D eigenvalue weighted by Crippen LogP contribution is 2.33. The summed E-state index contributed by atoms with van der Waals surface area (Å²) in [6.45, 7) is 1.79. The second-order valence-electron chi connectivity index (χ2n) is 29.6. The molecular formula is C79H151NO18. The van der Waals surface area contributed by atoms with Gasteiger partial charge in [0.15, 0.2) is 18.9 Å². The predicted molar refractivity (Wildman–Crippen MR) is 388 cm³/mol. The van der Waals surface area contributed by atoms with Crippen molar-refractivity contribution in [3.05, 3.63) is 12.2 Å². The van der Waals surface area contributed by atoms with Crippen LogP contribution in [0.15, 0.2) is 12.2 Å². The van der Waals surface area contributed by atoms with Gasteiger partial charge in [-0.15, -0.1) is 0 Å². The van der Waals surface area contributed by atoms with Crippen molar-refractivity contribution in [1.29, 1.82) is 0 Å². The smallest absolute Gasteiger partial charge is 0.220 e. The molecule has 3 rings (SSSR count). The molecule has 17 atom stereocenters. The number of amides is 1. The Balaban J connectivity index is 1.30. The number of aliphatic hydroxyl groups excluding tert-OH is 11. The number of hydrogen-bond acceptors (Lipinski definition) is 18. The molecule has 580 valence electrons. The van der Waals surface area contributed by atoms with Crippen LogP contribution < -0.4 is 5.32 Å². The molecule has 0 bridgehead atoms. The lowest BCUT2D eigenvalue weighted by molar-refractivity contribution is -0.379. The van der Waals surface area contributed by atoms with E-state index in [9.17, 15) is 61.0 Å². The summed E-state index contributed by atoms with van der Waals surface area (Å²) in [6.07, 6.45) is 45.2. The molecule has 3 saturated heterocycles. The Bertz CT molecular complexity index is 1820. The van der Waals surface area contributed by atoms with E-state index in [4.69, 9.17) is 28.4 Å². The van der Waals surface area contributed by atoms with Gasteiger partial charge in [-0.2, -0.15) is 0 Å². The Labute approximate surface area is 595 Å². The topological polar surface area (TPSA) is 307 Å². The van der Waals surface area contributed by atoms with Crippen molar-refractivity contribution < 1.29 is 89.4 Å². The first kappa shape index (κ1) is 90.7. The maximum atomic E-state index is 13.5. The van der Waals surface area contributed by atoms with Crippen LogP contribution in [0, 0.1) is 0 Å². The number of nitrogens with one attached hydrogen (secondary N) is 1. The van der Waals surface area contributed by atoms with E-state index in [1.165, 1.54) is 283 Å². The lowest BCUT2D eigenvalue weighted by Gasteiger charge is -2.48. The zero-order chi connectivity index (χ0) is 71.1. The summed E-state index contributed by atoms with van der Waals surface area (Å²) in [5.74, 6) is -0.267. The predicted octanol–water partition coefficient (Wildman–Crippen LogP) is 13.6. The SMILES string of the molecule is CCCCCCCCCCCCCCCC/C=C/C(O)C(COC1OC(CO)C(OC2OC(CO)C(OC3OC(CO)C(O)C(O)C3O)C(O)C2O)C(O)C1O)NC(=O)CCCCCCCCCCCCCCCCCCCCCCCCCCCCCCCCCCCCCCC. The van der Waals surface area contributed by atoms with E-state index in [-0.39, 0.29) is 18.9 Å². The first-order chi connectivity index (χ1) is 47.8. The van der Waals surface area contributed by atoms with Gasteiger partial charge in [-0.05, 0) is 19.3 Å². The number of hydrogen-bond donors (Lipinski definition) is 12. The van der Waals surface area contributed by atoms with Crippen LogP contribution >= 0.6 is 0 Å². The molecule has 1 amide bonds. The first-order valence-electron chi connectivity index (χ1n) is 40.9. The van der Waals surface area contributed by atoms with Crippen LogP contribution in [0.1, 0.15) is 354 Å². The summed E-state index contributed by atoms with van der Waals surface area (Å²) in [5, 5.41) is 121. The van der Waals surface area contributed by atoms with Gasteiger partial charge in [-0.3, -0.25) is 4.79 Å². The number of unbranched alkanes of at least 4 members (excludes halogenated alkanes) is 50. The zero-order valence-electron chi connectivity index (χ0n) is 62.1. The van der Waals surface area contributed by atoms with Crippen LogP contribution in [0.5, 0.6) is 0 Å². The van der Waals surface area contributed by atoms with Gasteiger partial charge in [0.25, 0.3) is 0 Å². The van der Waals surface area contributed by atoms with E-state index < -0.39 is 124 Å². The first-order valence-corrected chi connectivity index (χ1v) is 40.9. The summed E-state index contributed by atoms with van der Waals surface area (Å²) < 4.78 is 34.4. The van der Waals surface area contributed by atoms with E-state index in [1.807, 2.05) is 6.08 Å². The standard InChI is InChI=1S/C79H151NO18/c1-3-5-7-9-11-13-15-17-19-21-22-23-24-25-26-27-28-29-30-31-32-33-34-35-36-37-38-39-40-41-43-45-47-49-51-53-55-57-67(85)80-62(63(84)56-54-52-50-48-46-44-42-20-18-16-14-12-10-8-6-4-2)61-93-77-73(91)70(88)75(65(59-82)95-77)98-79-74(92)71(89)76(66(60-83)96-79)97-78-72(90)69(87)68(86)64(58-81)94-78/h54,56,62-66,68-79,81-84,86-92H,3-53,55,57-61H2,1-2H3,(H,80,85)/b56-54+. The Hall–Kier alpha value is -1.47. The lowest BCUT2D eigenvalue weighted by atomic mass is 9.96. The van der Waals surface area contributed by atoms with E-state index in [0.29, 0.717) is 6.42 Å². The molecule has 0 aliphatic carbocycles. The Morgan fingerprint density at radius 3 is 0.959 bits per heavy atom. The van der Waals surface area contributed by atoms with Crippen molar-refractivity contribution in [1.82, 2.24) is 5.32 Å². The minimum atomic E-state index is -1.98. The number of allylic oxidation sites excluding steroid dienone is 1. The summed E-state index contributed by atoms with van der Waals surface area (Å²) in [5.41, 5.74) is 0. The van der Waals surface area contributed by atoms with Gasteiger partial charge in [-0.1, -0.05) is 341 Å². The van der Waals surface area contributed by atoms with Crippen molar-refractivity contribution in [2.24, 2.45) is 0 Å². The third-order valence-corrected chi connectivity index (χ3v) is 20.8. The number of rotatable bonds is 66. The van der Waals surface area contributed by atoms with Crippen molar-refractivity contribution in [2.45, 2.75) is 458 Å². The number of ether oxygens (including phenoxy) is 6. The molecule has 19 heteroatoms. The number of aliphatic hydroxyl groups is 11. The molecular weight excluding hydrogens is 1250 g/mol. The molecule has 19 nitrogen and oxygen atoms in total. The van der Waals surface area contributed by atoms with E-state index in [2.05, 4.69) is 19.2 Å². The molecule has 3 aliphatic heterocycles. The fourth-order valence-corrected chi connectivity index (χ4v) is 14.3. The average molecular weight is 1400 g/mol. The molecule has 12 N–H and O–H groups in total. The summed E-state index contributed by atoms with van der Waals surface area (Å²) in [7, 11) is 0. The number of carbonyl (C=O) groups excluding carboxylic acids is 1. The second-order valence-corrected chi connectivity index (χ2v) is 29.6. The van der Waals surface area contributed by atoms with Gasteiger partial charge in [0.1, 0.15) is 73.2 Å². The van der Waals surface area contributed by atoms with Crippen LogP contribution in [-0.4, -0.2) is 193 Å². The highest BCUT2D eigenvalue weighted by atomic mass is 16.8. The molecule has 0 spiro atoms.